The Morgan fingerprint density at radius 2 is 1.88 bits per heavy atom. The highest BCUT2D eigenvalue weighted by molar-refractivity contribution is 7.90. The Kier molecular flexibility index (Phi) is 7.01. The third kappa shape index (κ3) is 5.34. The third-order valence-corrected chi connectivity index (χ3v) is 9.78. The third-order valence-electron chi connectivity index (χ3n) is 7.96. The molecule has 1 heterocycles. The lowest BCUT2D eigenvalue weighted by atomic mass is 9.86. The van der Waals surface area contributed by atoms with Crippen LogP contribution < -0.4 is 4.72 Å². The van der Waals surface area contributed by atoms with E-state index in [1.165, 1.54) is 0 Å². The standard InChI is InChI=1S/C24H36N2O6S/c1-26-12-5-3-2-4-7-16-15-24(16,23(30)25-33(31,32)18-9-10-18)11-6-8-21(28)19-13-17(27)14-20(19)22(26)29/h4,7,16-20,27H,2-3,5-6,8-15H2,1H3,(H,25,30)/b7-4-/t16-,17-,19-,20-,24+/m1/s1. The number of hydrogen-bond donors (Lipinski definition) is 2. The second-order valence-electron chi connectivity index (χ2n) is 10.5. The van der Waals surface area contributed by atoms with Gasteiger partial charge in [0.05, 0.1) is 22.7 Å². The van der Waals surface area contributed by atoms with Crippen LogP contribution in [0.3, 0.4) is 0 Å². The van der Waals surface area contributed by atoms with E-state index in [1.807, 2.05) is 6.08 Å². The van der Waals surface area contributed by atoms with Crippen molar-refractivity contribution >= 4 is 27.6 Å². The van der Waals surface area contributed by atoms with Gasteiger partial charge in [-0.05, 0) is 70.1 Å². The lowest BCUT2D eigenvalue weighted by Crippen LogP contribution is -2.39. The largest absolute Gasteiger partial charge is 0.393 e. The van der Waals surface area contributed by atoms with Crippen LogP contribution in [-0.2, 0) is 24.4 Å². The first-order valence-corrected chi connectivity index (χ1v) is 13.9. The van der Waals surface area contributed by atoms with Crippen molar-refractivity contribution < 1.29 is 27.9 Å². The number of Topliss-reactive ketones (excluding diaryl/α,β-unsaturated/α-hetero) is 1. The summed E-state index contributed by atoms with van der Waals surface area (Å²) in [5.41, 5.74) is -0.777. The molecule has 3 fully saturated rings. The summed E-state index contributed by atoms with van der Waals surface area (Å²) < 4.78 is 27.0. The van der Waals surface area contributed by atoms with Crippen molar-refractivity contribution in [3.63, 3.8) is 0 Å². The normalized spacial score (nSPS) is 37.2. The van der Waals surface area contributed by atoms with Crippen LogP contribution in [0.2, 0.25) is 0 Å². The number of allylic oxidation sites excluding steroid dienone is 2. The molecule has 184 valence electrons. The van der Waals surface area contributed by atoms with Crippen molar-refractivity contribution in [2.75, 3.05) is 13.6 Å². The van der Waals surface area contributed by atoms with Crippen LogP contribution in [-0.4, -0.2) is 61.0 Å². The molecule has 9 heteroatoms. The molecule has 0 bridgehead atoms. The van der Waals surface area contributed by atoms with Crippen LogP contribution in [0, 0.1) is 23.2 Å². The van der Waals surface area contributed by atoms with Crippen LogP contribution in [0.4, 0.5) is 0 Å². The maximum atomic E-state index is 13.0. The Balaban J connectivity index is 1.48. The average Bonchev–Trinajstić information content (AvgIpc) is 3.67. The predicted molar refractivity (Wildman–Crippen MR) is 122 cm³/mol. The molecule has 2 N–H and O–H groups in total. The van der Waals surface area contributed by atoms with E-state index in [0.29, 0.717) is 51.5 Å². The maximum absolute atomic E-state index is 13.0. The van der Waals surface area contributed by atoms with Gasteiger partial charge < -0.3 is 10.0 Å². The van der Waals surface area contributed by atoms with E-state index in [9.17, 15) is 27.9 Å². The molecule has 0 aromatic heterocycles. The first-order chi connectivity index (χ1) is 15.6. The van der Waals surface area contributed by atoms with Crippen molar-refractivity contribution in [2.24, 2.45) is 23.2 Å². The number of rotatable bonds is 3. The summed E-state index contributed by atoms with van der Waals surface area (Å²) in [5.74, 6) is -1.54. The maximum Gasteiger partial charge on any atom is 0.240 e. The molecule has 3 aliphatic carbocycles. The van der Waals surface area contributed by atoms with Crippen molar-refractivity contribution in [3.8, 4) is 0 Å². The van der Waals surface area contributed by atoms with Gasteiger partial charge in [-0.25, -0.2) is 8.42 Å². The van der Waals surface area contributed by atoms with Crippen molar-refractivity contribution in [2.45, 2.75) is 82.0 Å². The molecular formula is C24H36N2O6S. The molecular weight excluding hydrogens is 444 g/mol. The minimum absolute atomic E-state index is 0.0137. The summed E-state index contributed by atoms with van der Waals surface area (Å²) in [6, 6.07) is 0. The Morgan fingerprint density at radius 1 is 1.15 bits per heavy atom. The molecule has 2 amide bonds. The number of amides is 2. The van der Waals surface area contributed by atoms with E-state index in [-0.39, 0.29) is 24.0 Å². The summed E-state index contributed by atoms with van der Waals surface area (Å²) in [4.78, 5) is 40.7. The smallest absolute Gasteiger partial charge is 0.240 e. The Labute approximate surface area is 196 Å². The van der Waals surface area contributed by atoms with Gasteiger partial charge in [0.1, 0.15) is 5.78 Å². The van der Waals surface area contributed by atoms with Crippen LogP contribution in [0.1, 0.15) is 70.6 Å². The Morgan fingerprint density at radius 3 is 2.61 bits per heavy atom. The number of sulfonamides is 1. The van der Waals surface area contributed by atoms with Gasteiger partial charge in [0.15, 0.2) is 0 Å². The first-order valence-electron chi connectivity index (χ1n) is 12.3. The highest BCUT2D eigenvalue weighted by Gasteiger charge is 2.59. The number of nitrogens with zero attached hydrogens (tertiary/aromatic N) is 1. The molecule has 8 nitrogen and oxygen atoms in total. The van der Waals surface area contributed by atoms with Gasteiger partial charge in [-0.1, -0.05) is 12.2 Å². The van der Waals surface area contributed by atoms with E-state index in [1.54, 1.807) is 11.9 Å². The first kappa shape index (κ1) is 24.4. The minimum Gasteiger partial charge on any atom is -0.393 e. The van der Waals surface area contributed by atoms with Crippen molar-refractivity contribution in [1.82, 2.24) is 9.62 Å². The second-order valence-corrected chi connectivity index (χ2v) is 12.4. The van der Waals surface area contributed by atoms with Crippen molar-refractivity contribution in [3.05, 3.63) is 12.2 Å². The number of ketones is 1. The molecule has 3 saturated carbocycles. The van der Waals surface area contributed by atoms with Crippen LogP contribution >= 0.6 is 0 Å². The van der Waals surface area contributed by atoms with E-state index >= 15 is 0 Å². The molecule has 5 atom stereocenters. The number of fused-ring (bicyclic) bond motifs is 2. The van der Waals surface area contributed by atoms with Gasteiger partial charge in [0.2, 0.25) is 21.8 Å². The molecule has 0 saturated heterocycles. The minimum atomic E-state index is -3.62. The fraction of sp³-hybridized carbons (Fsp3) is 0.792. The number of nitrogens with one attached hydrogen (secondary N) is 1. The van der Waals surface area contributed by atoms with Gasteiger partial charge in [-0.2, -0.15) is 0 Å². The van der Waals surface area contributed by atoms with Gasteiger partial charge in [-0.15, -0.1) is 0 Å². The highest BCUT2D eigenvalue weighted by Crippen LogP contribution is 2.57. The van der Waals surface area contributed by atoms with Gasteiger partial charge in [0, 0.05) is 25.9 Å². The van der Waals surface area contributed by atoms with E-state index < -0.39 is 44.5 Å². The molecule has 33 heavy (non-hydrogen) atoms. The average molecular weight is 481 g/mol. The van der Waals surface area contributed by atoms with Crippen molar-refractivity contribution in [1.29, 1.82) is 0 Å². The second kappa shape index (κ2) is 9.49. The van der Waals surface area contributed by atoms with Crippen LogP contribution in [0.25, 0.3) is 0 Å². The molecule has 0 unspecified atom stereocenters. The molecule has 0 aromatic rings. The highest BCUT2D eigenvalue weighted by atomic mass is 32.2. The zero-order chi connectivity index (χ0) is 23.8. The number of carbonyl (C=O) groups excluding carboxylic acids is 3. The lowest BCUT2D eigenvalue weighted by Gasteiger charge is -2.25. The quantitative estimate of drug-likeness (QED) is 0.596. The van der Waals surface area contributed by atoms with Gasteiger partial charge >= 0.3 is 0 Å². The monoisotopic (exact) mass is 480 g/mol. The molecule has 4 rings (SSSR count). The van der Waals surface area contributed by atoms with E-state index in [0.717, 1.165) is 19.3 Å². The van der Waals surface area contributed by atoms with Gasteiger partial charge in [-0.3, -0.25) is 19.1 Å². The molecule has 1 aliphatic heterocycles. The summed E-state index contributed by atoms with van der Waals surface area (Å²) in [6.45, 7) is 0.606. The van der Waals surface area contributed by atoms with Crippen LogP contribution in [0.15, 0.2) is 12.2 Å². The number of carbonyl (C=O) groups is 3. The molecule has 0 radical (unpaired) electrons. The molecule has 0 aromatic carbocycles. The summed E-state index contributed by atoms with van der Waals surface area (Å²) in [6.07, 6.45) is 9.51. The number of aliphatic hydroxyl groups excluding tert-OH is 1. The summed E-state index contributed by atoms with van der Waals surface area (Å²) in [7, 11) is -1.85. The summed E-state index contributed by atoms with van der Waals surface area (Å²) >= 11 is 0. The fourth-order valence-electron chi connectivity index (χ4n) is 5.61. The Bertz CT molecular complexity index is 927. The SMILES string of the molecule is CN1CCCC/C=C\[C@@H]2C[C@@]2(C(=O)NS(=O)(=O)C2CC2)CCCC(=O)[C@@H]2C[C@@H](O)C[C@H]2C1=O. The fourth-order valence-corrected chi connectivity index (χ4v) is 6.99. The predicted octanol–water partition coefficient (Wildman–Crippen LogP) is 1.93. The zero-order valence-electron chi connectivity index (χ0n) is 19.4. The van der Waals surface area contributed by atoms with Gasteiger partial charge in [0.25, 0.3) is 0 Å². The van der Waals surface area contributed by atoms with E-state index in [4.69, 9.17) is 0 Å². The topological polar surface area (TPSA) is 121 Å². The van der Waals surface area contributed by atoms with Crippen LogP contribution in [0.5, 0.6) is 0 Å². The molecule has 4 aliphatic rings. The van der Waals surface area contributed by atoms with E-state index in [2.05, 4.69) is 10.8 Å². The lowest BCUT2D eigenvalue weighted by molar-refractivity contribution is -0.139. The zero-order valence-corrected chi connectivity index (χ0v) is 20.2. The Hall–Kier alpha value is -1.74. The molecule has 0 spiro atoms. The summed E-state index contributed by atoms with van der Waals surface area (Å²) in [5, 5.41) is 9.70. The number of hydrogen-bond acceptors (Lipinski definition) is 6. The number of aliphatic hydroxyl groups is 1.